The van der Waals surface area contributed by atoms with Crippen LogP contribution in [0.4, 0.5) is 13.2 Å². The molecule has 0 amide bonds. The fourth-order valence-corrected chi connectivity index (χ4v) is 1.98. The minimum absolute atomic E-state index is 0.161. The van der Waals surface area contributed by atoms with Gasteiger partial charge in [-0.15, -0.1) is 0 Å². The van der Waals surface area contributed by atoms with Gasteiger partial charge >= 0.3 is 6.18 Å². The highest BCUT2D eigenvalue weighted by Gasteiger charge is 2.41. The van der Waals surface area contributed by atoms with Crippen LogP contribution < -0.4 is 5.73 Å². The summed E-state index contributed by atoms with van der Waals surface area (Å²) < 4.78 is 37.3. The standard InChI is InChI=1S/C11H21F3N2O/c1-10(17,8-15)4-7-16-5-2-9(3-6-16)11(12,13)14/h9,17H,2-8,15H2,1H3. The molecule has 1 aliphatic heterocycles. The number of nitrogens with zero attached hydrogens (tertiary/aromatic N) is 1. The average molecular weight is 254 g/mol. The molecule has 0 spiro atoms. The minimum Gasteiger partial charge on any atom is -0.389 e. The Morgan fingerprint density at radius 1 is 1.29 bits per heavy atom. The molecule has 102 valence electrons. The number of likely N-dealkylation sites (tertiary alicyclic amines) is 1. The van der Waals surface area contributed by atoms with Crippen molar-refractivity contribution in [3.8, 4) is 0 Å². The predicted octanol–water partition coefficient (Wildman–Crippen LogP) is 1.36. The van der Waals surface area contributed by atoms with Crippen LogP contribution in [0.1, 0.15) is 26.2 Å². The number of halogens is 3. The number of piperidine rings is 1. The molecule has 3 nitrogen and oxygen atoms in total. The van der Waals surface area contributed by atoms with Crippen molar-refractivity contribution in [1.82, 2.24) is 4.90 Å². The lowest BCUT2D eigenvalue weighted by molar-refractivity contribution is -0.185. The van der Waals surface area contributed by atoms with Gasteiger partial charge in [-0.05, 0) is 39.3 Å². The Morgan fingerprint density at radius 2 is 1.82 bits per heavy atom. The van der Waals surface area contributed by atoms with Crippen LogP contribution in [-0.2, 0) is 0 Å². The maximum Gasteiger partial charge on any atom is 0.391 e. The molecular formula is C11H21F3N2O. The first kappa shape index (κ1) is 14.7. The smallest absolute Gasteiger partial charge is 0.389 e. The van der Waals surface area contributed by atoms with Crippen LogP contribution in [-0.4, -0.2) is 48.0 Å². The van der Waals surface area contributed by atoms with E-state index in [2.05, 4.69) is 0 Å². The summed E-state index contributed by atoms with van der Waals surface area (Å²) in [7, 11) is 0. The quantitative estimate of drug-likeness (QED) is 0.796. The number of hydrogen-bond donors (Lipinski definition) is 2. The van der Waals surface area contributed by atoms with Crippen LogP contribution in [0, 0.1) is 5.92 Å². The summed E-state index contributed by atoms with van der Waals surface area (Å²) in [5.41, 5.74) is 4.47. The van der Waals surface area contributed by atoms with E-state index < -0.39 is 17.7 Å². The number of aliphatic hydroxyl groups is 1. The highest BCUT2D eigenvalue weighted by Crippen LogP contribution is 2.34. The van der Waals surface area contributed by atoms with Crippen LogP contribution in [0.15, 0.2) is 0 Å². The van der Waals surface area contributed by atoms with E-state index in [-0.39, 0.29) is 19.4 Å². The van der Waals surface area contributed by atoms with Gasteiger partial charge in [0, 0.05) is 13.1 Å². The van der Waals surface area contributed by atoms with Crippen molar-refractivity contribution in [1.29, 1.82) is 0 Å². The van der Waals surface area contributed by atoms with Gasteiger partial charge in [-0.3, -0.25) is 0 Å². The highest BCUT2D eigenvalue weighted by atomic mass is 19.4. The topological polar surface area (TPSA) is 49.5 Å². The molecule has 3 N–H and O–H groups in total. The second-order valence-electron chi connectivity index (χ2n) is 5.11. The Hall–Kier alpha value is -0.330. The normalized spacial score (nSPS) is 23.6. The zero-order chi connectivity index (χ0) is 13.1. The Labute approximate surface area is 99.8 Å². The first-order valence-electron chi connectivity index (χ1n) is 5.96. The molecule has 1 rings (SSSR count). The summed E-state index contributed by atoms with van der Waals surface area (Å²) in [6.07, 6.45) is -3.24. The van der Waals surface area contributed by atoms with Crippen molar-refractivity contribution >= 4 is 0 Å². The molecule has 17 heavy (non-hydrogen) atoms. The predicted molar refractivity (Wildman–Crippen MR) is 59.5 cm³/mol. The Bertz CT molecular complexity index is 235. The van der Waals surface area contributed by atoms with Crippen LogP contribution in [0.2, 0.25) is 0 Å². The average Bonchev–Trinajstić information content (AvgIpc) is 2.26. The van der Waals surface area contributed by atoms with E-state index in [1.54, 1.807) is 6.92 Å². The Kier molecular flexibility index (Phi) is 4.80. The van der Waals surface area contributed by atoms with Crippen molar-refractivity contribution < 1.29 is 18.3 Å². The molecule has 0 aromatic heterocycles. The Balaban J connectivity index is 2.29. The number of rotatable bonds is 4. The van der Waals surface area contributed by atoms with Gasteiger partial charge in [-0.1, -0.05) is 0 Å². The largest absolute Gasteiger partial charge is 0.391 e. The van der Waals surface area contributed by atoms with Gasteiger partial charge in [0.05, 0.1) is 11.5 Å². The van der Waals surface area contributed by atoms with Gasteiger partial charge in [0.1, 0.15) is 0 Å². The van der Waals surface area contributed by atoms with Gasteiger partial charge in [0.25, 0.3) is 0 Å². The summed E-state index contributed by atoms with van der Waals surface area (Å²) in [4.78, 5) is 1.96. The summed E-state index contributed by atoms with van der Waals surface area (Å²) in [6.45, 7) is 3.33. The number of hydrogen-bond acceptors (Lipinski definition) is 3. The van der Waals surface area contributed by atoms with Crippen LogP contribution in [0.5, 0.6) is 0 Å². The Morgan fingerprint density at radius 3 is 2.24 bits per heavy atom. The van der Waals surface area contributed by atoms with Crippen LogP contribution in [0.25, 0.3) is 0 Å². The van der Waals surface area contributed by atoms with Gasteiger partial charge in [0.15, 0.2) is 0 Å². The second kappa shape index (κ2) is 5.54. The van der Waals surface area contributed by atoms with Crippen molar-refractivity contribution in [2.45, 2.75) is 38.0 Å². The maximum absolute atomic E-state index is 12.4. The lowest BCUT2D eigenvalue weighted by Crippen LogP contribution is -2.43. The molecule has 1 unspecified atom stereocenters. The molecule has 0 saturated carbocycles. The SMILES string of the molecule is CC(O)(CN)CCN1CCC(C(F)(F)F)CC1. The lowest BCUT2D eigenvalue weighted by atomic mass is 9.95. The zero-order valence-electron chi connectivity index (χ0n) is 10.1. The molecule has 0 bridgehead atoms. The molecule has 0 aromatic carbocycles. The van der Waals surface area contributed by atoms with E-state index in [1.807, 2.05) is 4.90 Å². The fraction of sp³-hybridized carbons (Fsp3) is 1.00. The number of nitrogens with two attached hydrogens (primary N) is 1. The monoisotopic (exact) mass is 254 g/mol. The van der Waals surface area contributed by atoms with Gasteiger partial charge < -0.3 is 15.7 Å². The third-order valence-corrected chi connectivity index (χ3v) is 3.46. The van der Waals surface area contributed by atoms with Gasteiger partial charge in [-0.2, -0.15) is 13.2 Å². The molecule has 0 radical (unpaired) electrons. The van der Waals surface area contributed by atoms with Crippen molar-refractivity contribution in [3.63, 3.8) is 0 Å². The summed E-state index contributed by atoms with van der Waals surface area (Å²) in [5.74, 6) is -1.16. The van der Waals surface area contributed by atoms with Crippen molar-refractivity contribution in [2.24, 2.45) is 11.7 Å². The van der Waals surface area contributed by atoms with E-state index in [4.69, 9.17) is 5.73 Å². The molecule has 0 aliphatic carbocycles. The molecule has 1 fully saturated rings. The molecule has 1 atom stereocenters. The van der Waals surface area contributed by atoms with Crippen LogP contribution in [0.3, 0.4) is 0 Å². The van der Waals surface area contributed by atoms with E-state index in [9.17, 15) is 18.3 Å². The fourth-order valence-electron chi connectivity index (χ4n) is 1.98. The molecular weight excluding hydrogens is 233 g/mol. The number of alkyl halides is 3. The van der Waals surface area contributed by atoms with E-state index >= 15 is 0 Å². The summed E-state index contributed by atoms with van der Waals surface area (Å²) in [5, 5.41) is 9.70. The summed E-state index contributed by atoms with van der Waals surface area (Å²) >= 11 is 0. The molecule has 6 heteroatoms. The van der Waals surface area contributed by atoms with E-state index in [1.165, 1.54) is 0 Å². The minimum atomic E-state index is -4.06. The first-order valence-corrected chi connectivity index (χ1v) is 5.96. The molecule has 0 aromatic rings. The third kappa shape index (κ3) is 4.81. The van der Waals surface area contributed by atoms with E-state index in [0.29, 0.717) is 26.1 Å². The van der Waals surface area contributed by atoms with Gasteiger partial charge in [-0.25, -0.2) is 0 Å². The first-order chi connectivity index (χ1) is 7.74. The third-order valence-electron chi connectivity index (χ3n) is 3.46. The van der Waals surface area contributed by atoms with E-state index in [0.717, 1.165) is 0 Å². The van der Waals surface area contributed by atoms with Crippen molar-refractivity contribution in [2.75, 3.05) is 26.2 Å². The van der Waals surface area contributed by atoms with Gasteiger partial charge in [0.2, 0.25) is 0 Å². The molecule has 1 heterocycles. The molecule has 1 saturated heterocycles. The second-order valence-corrected chi connectivity index (χ2v) is 5.11. The highest BCUT2D eigenvalue weighted by molar-refractivity contribution is 4.80. The maximum atomic E-state index is 12.4. The zero-order valence-corrected chi connectivity index (χ0v) is 10.1. The van der Waals surface area contributed by atoms with Crippen molar-refractivity contribution in [3.05, 3.63) is 0 Å². The lowest BCUT2D eigenvalue weighted by Gasteiger charge is -2.34. The van der Waals surface area contributed by atoms with Crippen LogP contribution >= 0.6 is 0 Å². The summed E-state index contributed by atoms with van der Waals surface area (Å²) in [6, 6.07) is 0. The molecule has 1 aliphatic rings.